The van der Waals surface area contributed by atoms with E-state index in [1.807, 2.05) is 13.8 Å². The van der Waals surface area contributed by atoms with E-state index in [2.05, 4.69) is 9.97 Å². The van der Waals surface area contributed by atoms with Crippen LogP contribution in [0.25, 0.3) is 23.3 Å². The molecule has 0 unspecified atom stereocenters. The van der Waals surface area contributed by atoms with Crippen LogP contribution >= 0.6 is 0 Å². The first-order valence-corrected chi connectivity index (χ1v) is 10.7. The van der Waals surface area contributed by atoms with E-state index in [0.29, 0.717) is 36.5 Å². The third-order valence-corrected chi connectivity index (χ3v) is 5.25. The zero-order valence-electron chi connectivity index (χ0n) is 16.1. The van der Waals surface area contributed by atoms with Crippen molar-refractivity contribution in [2.45, 2.75) is 44.7 Å². The summed E-state index contributed by atoms with van der Waals surface area (Å²) in [5.74, 6) is 0.398. The zero-order valence-corrected chi connectivity index (χ0v) is 16.9. The molecular formula is C19H22N4O5S. The first kappa shape index (κ1) is 20.7. The van der Waals surface area contributed by atoms with Crippen LogP contribution in [0.2, 0.25) is 0 Å². The summed E-state index contributed by atoms with van der Waals surface area (Å²) in [6.07, 6.45) is 4.69. The summed E-state index contributed by atoms with van der Waals surface area (Å²) < 4.78 is 34.0. The van der Waals surface area contributed by atoms with Gasteiger partial charge in [-0.2, -0.15) is 8.42 Å². The van der Waals surface area contributed by atoms with Crippen molar-refractivity contribution in [1.29, 1.82) is 0 Å². The maximum absolute atomic E-state index is 12.7. The Morgan fingerprint density at radius 1 is 1.03 bits per heavy atom. The van der Waals surface area contributed by atoms with Gasteiger partial charge in [-0.05, 0) is 36.6 Å². The lowest BCUT2D eigenvalue weighted by Gasteiger charge is -2.09. The van der Waals surface area contributed by atoms with Crippen LogP contribution in [-0.4, -0.2) is 32.1 Å². The summed E-state index contributed by atoms with van der Waals surface area (Å²) in [6.45, 7) is 4.62. The Bertz CT molecular complexity index is 1280. The Morgan fingerprint density at radius 2 is 1.66 bits per heavy atom. The fraction of sp³-hybridized carbons (Fsp3) is 0.316. The van der Waals surface area contributed by atoms with Gasteiger partial charge >= 0.3 is 5.69 Å². The molecule has 0 bridgehead atoms. The fourth-order valence-electron chi connectivity index (χ4n) is 3.04. The van der Waals surface area contributed by atoms with Gasteiger partial charge in [-0.25, -0.2) is 9.78 Å². The second kappa shape index (κ2) is 8.18. The highest BCUT2D eigenvalue weighted by molar-refractivity contribution is 7.85. The summed E-state index contributed by atoms with van der Waals surface area (Å²) in [4.78, 5) is 32.5. The van der Waals surface area contributed by atoms with E-state index in [-0.39, 0.29) is 16.1 Å². The summed E-state index contributed by atoms with van der Waals surface area (Å²) in [6, 6.07) is 5.64. The van der Waals surface area contributed by atoms with E-state index < -0.39 is 15.7 Å². The predicted octanol–water partition coefficient (Wildman–Crippen LogP) is 2.12. The van der Waals surface area contributed by atoms with Crippen LogP contribution in [0.5, 0.6) is 0 Å². The van der Waals surface area contributed by atoms with Crippen molar-refractivity contribution < 1.29 is 13.0 Å². The number of nitrogens with zero attached hydrogens (tertiary/aromatic N) is 3. The quantitative estimate of drug-likeness (QED) is 0.566. The van der Waals surface area contributed by atoms with Crippen LogP contribution in [0.15, 0.2) is 38.8 Å². The molecule has 0 saturated carbocycles. The second-order valence-corrected chi connectivity index (χ2v) is 8.01. The highest BCUT2D eigenvalue weighted by Gasteiger charge is 2.16. The van der Waals surface area contributed by atoms with Crippen molar-refractivity contribution in [2.24, 2.45) is 0 Å². The minimum Gasteiger partial charge on any atom is -0.333 e. The van der Waals surface area contributed by atoms with E-state index in [1.165, 1.54) is 33.4 Å². The van der Waals surface area contributed by atoms with Gasteiger partial charge < -0.3 is 4.98 Å². The molecule has 2 heterocycles. The molecule has 2 N–H and O–H groups in total. The van der Waals surface area contributed by atoms with Crippen LogP contribution in [0.1, 0.15) is 38.1 Å². The Kier molecular flexibility index (Phi) is 5.85. The van der Waals surface area contributed by atoms with Gasteiger partial charge in [0.25, 0.3) is 15.7 Å². The highest BCUT2D eigenvalue weighted by Crippen LogP contribution is 2.13. The first-order chi connectivity index (χ1) is 13.8. The van der Waals surface area contributed by atoms with Gasteiger partial charge in [0.1, 0.15) is 11.3 Å². The monoisotopic (exact) mass is 418 g/mol. The lowest BCUT2D eigenvalue weighted by molar-refractivity contribution is 0.483. The van der Waals surface area contributed by atoms with E-state index in [1.54, 1.807) is 12.2 Å². The SMILES string of the molecule is CCCn1c(=O)c2[nH]c(/C=C/c3ccc(S(=O)(=O)O)cc3)nc2n(CCC)c1=O. The lowest BCUT2D eigenvalue weighted by atomic mass is 10.2. The van der Waals surface area contributed by atoms with Crippen molar-refractivity contribution in [1.82, 2.24) is 19.1 Å². The first-order valence-electron chi connectivity index (χ1n) is 9.25. The van der Waals surface area contributed by atoms with E-state index in [0.717, 1.165) is 6.42 Å². The maximum atomic E-state index is 12.7. The van der Waals surface area contributed by atoms with Crippen LogP contribution in [-0.2, 0) is 23.2 Å². The molecule has 1 aromatic carbocycles. The number of rotatable bonds is 7. The summed E-state index contributed by atoms with van der Waals surface area (Å²) in [7, 11) is -4.24. The lowest BCUT2D eigenvalue weighted by Crippen LogP contribution is -2.40. The van der Waals surface area contributed by atoms with E-state index in [9.17, 15) is 18.0 Å². The Hall–Kier alpha value is -2.98. The Labute approximate surface area is 167 Å². The highest BCUT2D eigenvalue weighted by atomic mass is 32.2. The third-order valence-electron chi connectivity index (χ3n) is 4.39. The number of hydrogen-bond acceptors (Lipinski definition) is 5. The maximum Gasteiger partial charge on any atom is 0.332 e. The Balaban J connectivity index is 2.04. The van der Waals surface area contributed by atoms with Crippen molar-refractivity contribution >= 4 is 33.4 Å². The van der Waals surface area contributed by atoms with Gasteiger partial charge in [0.2, 0.25) is 0 Å². The predicted molar refractivity (Wildman–Crippen MR) is 110 cm³/mol. The standard InChI is InChI=1S/C19H22N4O5S/c1-3-11-22-17-16(18(24)23(12-4-2)19(22)25)20-15(21-17)10-7-13-5-8-14(9-6-13)29(26,27)28/h5-10H,3-4,11-12H2,1-2H3,(H,20,21)(H,26,27,28)/b10-7+. The number of fused-ring (bicyclic) bond motifs is 1. The molecule has 0 spiro atoms. The largest absolute Gasteiger partial charge is 0.333 e. The number of hydrogen-bond donors (Lipinski definition) is 2. The number of aromatic nitrogens is 4. The minimum absolute atomic E-state index is 0.196. The van der Waals surface area contributed by atoms with Crippen LogP contribution in [0.3, 0.4) is 0 Å². The molecule has 0 amide bonds. The molecule has 0 aliphatic heterocycles. The summed E-state index contributed by atoms with van der Waals surface area (Å²) in [5, 5.41) is 0. The molecule has 9 nitrogen and oxygen atoms in total. The fourth-order valence-corrected chi connectivity index (χ4v) is 3.52. The van der Waals surface area contributed by atoms with Crippen LogP contribution in [0, 0.1) is 0 Å². The average molecular weight is 418 g/mol. The van der Waals surface area contributed by atoms with Crippen molar-refractivity contribution in [3.8, 4) is 0 Å². The van der Waals surface area contributed by atoms with E-state index >= 15 is 0 Å². The van der Waals surface area contributed by atoms with Gasteiger partial charge in [-0.15, -0.1) is 0 Å². The minimum atomic E-state index is -4.24. The Morgan fingerprint density at radius 3 is 2.24 bits per heavy atom. The third kappa shape index (κ3) is 4.22. The van der Waals surface area contributed by atoms with Crippen molar-refractivity contribution in [2.75, 3.05) is 0 Å². The number of aryl methyl sites for hydroxylation is 1. The molecule has 3 aromatic rings. The number of nitrogens with one attached hydrogen (secondary N) is 1. The molecule has 29 heavy (non-hydrogen) atoms. The smallest absolute Gasteiger partial charge is 0.332 e. The molecule has 0 saturated heterocycles. The summed E-state index contributed by atoms with van der Waals surface area (Å²) >= 11 is 0. The van der Waals surface area contributed by atoms with Gasteiger partial charge in [0.05, 0.1) is 4.90 Å². The number of H-pyrrole nitrogens is 1. The molecular weight excluding hydrogens is 396 g/mol. The number of benzene rings is 1. The molecule has 154 valence electrons. The molecule has 0 radical (unpaired) electrons. The second-order valence-electron chi connectivity index (χ2n) is 6.59. The van der Waals surface area contributed by atoms with Crippen LogP contribution < -0.4 is 11.2 Å². The molecule has 10 heteroatoms. The molecule has 0 atom stereocenters. The van der Waals surface area contributed by atoms with Crippen LogP contribution in [0.4, 0.5) is 0 Å². The van der Waals surface area contributed by atoms with Gasteiger partial charge in [0, 0.05) is 13.1 Å². The molecule has 2 aromatic heterocycles. The number of imidazole rings is 1. The van der Waals surface area contributed by atoms with Gasteiger partial charge in [0.15, 0.2) is 5.65 Å². The topological polar surface area (TPSA) is 127 Å². The molecule has 0 aliphatic carbocycles. The number of aromatic amines is 1. The molecule has 0 fully saturated rings. The molecule has 0 aliphatic rings. The van der Waals surface area contributed by atoms with Crippen molar-refractivity contribution in [3.63, 3.8) is 0 Å². The van der Waals surface area contributed by atoms with Gasteiger partial charge in [-0.3, -0.25) is 18.5 Å². The van der Waals surface area contributed by atoms with Crippen molar-refractivity contribution in [3.05, 3.63) is 56.5 Å². The summed E-state index contributed by atoms with van der Waals surface area (Å²) in [5.41, 5.74) is 0.494. The molecule has 3 rings (SSSR count). The normalized spacial score (nSPS) is 12.2. The zero-order chi connectivity index (χ0) is 21.2. The van der Waals surface area contributed by atoms with Gasteiger partial charge in [-0.1, -0.05) is 32.1 Å². The average Bonchev–Trinajstić information content (AvgIpc) is 3.11. The van der Waals surface area contributed by atoms with E-state index in [4.69, 9.17) is 4.55 Å².